The second-order valence-electron chi connectivity index (χ2n) is 3.38. The Bertz CT molecular complexity index is 348. The van der Waals surface area contributed by atoms with Gasteiger partial charge in [0.15, 0.2) is 5.78 Å². The second kappa shape index (κ2) is 5.29. The number of carbonyl (C=O) groups is 2. The highest BCUT2D eigenvalue weighted by molar-refractivity contribution is 5.95. The fraction of sp³-hybridized carbons (Fsp3) is 0.333. The summed E-state index contributed by atoms with van der Waals surface area (Å²) in [6.45, 7) is 5.25. The van der Waals surface area contributed by atoms with E-state index in [2.05, 4.69) is 6.58 Å². The maximum absolute atomic E-state index is 11.0. The molecule has 0 heterocycles. The van der Waals surface area contributed by atoms with Crippen LogP contribution in [0, 0.1) is 0 Å². The van der Waals surface area contributed by atoms with Gasteiger partial charge in [-0.05, 0) is 23.6 Å². The van der Waals surface area contributed by atoms with E-state index in [1.807, 2.05) is 0 Å². The smallest absolute Gasteiger partial charge is 0.302 e. The lowest BCUT2D eigenvalue weighted by Gasteiger charge is -2.08. The van der Waals surface area contributed by atoms with Gasteiger partial charge in [-0.25, -0.2) is 0 Å². The lowest BCUT2D eigenvalue weighted by molar-refractivity contribution is -0.140. The molecule has 0 aromatic heterocycles. The summed E-state index contributed by atoms with van der Waals surface area (Å²) in [4.78, 5) is 21.7. The van der Waals surface area contributed by atoms with Crippen LogP contribution in [0.15, 0.2) is 36.0 Å². The largest absolute Gasteiger partial charge is 0.461 e. The Kier molecular flexibility index (Phi) is 4.03. The highest BCUT2D eigenvalue weighted by atomic mass is 16.5. The molecule has 0 spiro atoms. The summed E-state index contributed by atoms with van der Waals surface area (Å²) in [5.41, 5.74) is 1.89. The predicted octanol–water partition coefficient (Wildman–Crippen LogP) is 1.95. The average Bonchev–Trinajstić information content (AvgIpc) is 2.59. The zero-order valence-electron chi connectivity index (χ0n) is 8.79. The standard InChI is InChI=1S/C12H14O3/c1-3-4-11(8-15-9(2)13)10-5-6-12(14)7-10/h3,5-6H,1,4,7-8H2,2H3/b11-10+. The van der Waals surface area contributed by atoms with Crippen molar-refractivity contribution in [2.75, 3.05) is 6.61 Å². The summed E-state index contributed by atoms with van der Waals surface area (Å²) in [6, 6.07) is 0. The molecule has 3 heteroatoms. The Morgan fingerprint density at radius 1 is 1.60 bits per heavy atom. The molecule has 80 valence electrons. The van der Waals surface area contributed by atoms with Crippen LogP contribution in [0.25, 0.3) is 0 Å². The van der Waals surface area contributed by atoms with Gasteiger partial charge >= 0.3 is 5.97 Å². The number of hydrogen-bond acceptors (Lipinski definition) is 3. The van der Waals surface area contributed by atoms with E-state index in [4.69, 9.17) is 4.74 Å². The van der Waals surface area contributed by atoms with Gasteiger partial charge in [0.25, 0.3) is 0 Å². The molecule has 0 N–H and O–H groups in total. The van der Waals surface area contributed by atoms with Crippen molar-refractivity contribution in [1.82, 2.24) is 0 Å². The van der Waals surface area contributed by atoms with Crippen LogP contribution in [0.5, 0.6) is 0 Å². The lowest BCUT2D eigenvalue weighted by atomic mass is 10.1. The van der Waals surface area contributed by atoms with Crippen molar-refractivity contribution in [3.05, 3.63) is 36.0 Å². The number of esters is 1. The molecule has 0 aromatic carbocycles. The molecule has 0 atom stereocenters. The van der Waals surface area contributed by atoms with E-state index in [9.17, 15) is 9.59 Å². The minimum absolute atomic E-state index is 0.0920. The van der Waals surface area contributed by atoms with E-state index >= 15 is 0 Å². The van der Waals surface area contributed by atoms with Gasteiger partial charge in [0.05, 0.1) is 0 Å². The van der Waals surface area contributed by atoms with Gasteiger partial charge < -0.3 is 4.74 Å². The maximum Gasteiger partial charge on any atom is 0.302 e. The quantitative estimate of drug-likeness (QED) is 0.521. The summed E-state index contributed by atoms with van der Waals surface area (Å²) < 4.78 is 4.91. The van der Waals surface area contributed by atoms with E-state index < -0.39 is 0 Å². The summed E-state index contributed by atoms with van der Waals surface area (Å²) in [6.07, 6.45) is 6.12. The Labute approximate surface area is 89.1 Å². The average molecular weight is 206 g/mol. The summed E-state index contributed by atoms with van der Waals surface area (Å²) in [5, 5.41) is 0. The first-order valence-corrected chi connectivity index (χ1v) is 4.79. The van der Waals surface area contributed by atoms with Crippen molar-refractivity contribution in [2.45, 2.75) is 19.8 Å². The van der Waals surface area contributed by atoms with Crippen LogP contribution >= 0.6 is 0 Å². The first-order chi connectivity index (χ1) is 7.13. The molecule has 0 saturated heterocycles. The zero-order chi connectivity index (χ0) is 11.3. The SMILES string of the molecule is C=CC/C(COC(C)=O)=C1/C=CC(=O)C1. The third-order valence-electron chi connectivity index (χ3n) is 2.13. The van der Waals surface area contributed by atoms with Gasteiger partial charge in [-0.1, -0.05) is 12.2 Å². The van der Waals surface area contributed by atoms with Crippen LogP contribution in [0.2, 0.25) is 0 Å². The van der Waals surface area contributed by atoms with E-state index in [-0.39, 0.29) is 18.4 Å². The highest BCUT2D eigenvalue weighted by Crippen LogP contribution is 2.20. The van der Waals surface area contributed by atoms with Crippen LogP contribution < -0.4 is 0 Å². The van der Waals surface area contributed by atoms with Crippen LogP contribution in [-0.4, -0.2) is 18.4 Å². The minimum atomic E-state index is -0.314. The van der Waals surface area contributed by atoms with Crippen molar-refractivity contribution in [1.29, 1.82) is 0 Å². The molecule has 0 radical (unpaired) electrons. The number of ketones is 1. The molecule has 3 nitrogen and oxygen atoms in total. The molecule has 0 bridgehead atoms. The van der Waals surface area contributed by atoms with Crippen molar-refractivity contribution >= 4 is 11.8 Å². The third-order valence-corrected chi connectivity index (χ3v) is 2.13. The maximum atomic E-state index is 11.0. The molecular weight excluding hydrogens is 192 g/mol. The van der Waals surface area contributed by atoms with Gasteiger partial charge in [-0.2, -0.15) is 0 Å². The monoisotopic (exact) mass is 206 g/mol. The minimum Gasteiger partial charge on any atom is -0.461 e. The fourth-order valence-electron chi connectivity index (χ4n) is 1.39. The lowest BCUT2D eigenvalue weighted by Crippen LogP contribution is -2.05. The van der Waals surface area contributed by atoms with Gasteiger partial charge in [-0.15, -0.1) is 6.58 Å². The predicted molar refractivity (Wildman–Crippen MR) is 57.2 cm³/mol. The summed E-state index contributed by atoms with van der Waals surface area (Å²) >= 11 is 0. The first kappa shape index (κ1) is 11.4. The molecule has 15 heavy (non-hydrogen) atoms. The molecular formula is C12H14O3. The normalized spacial score (nSPS) is 17.8. The third kappa shape index (κ3) is 3.54. The summed E-state index contributed by atoms with van der Waals surface area (Å²) in [5.74, 6) is -0.222. The Morgan fingerprint density at radius 2 is 2.33 bits per heavy atom. The Balaban J connectivity index is 2.72. The number of allylic oxidation sites excluding steroid dienone is 4. The summed E-state index contributed by atoms with van der Waals surface area (Å²) in [7, 11) is 0. The number of ether oxygens (including phenoxy) is 1. The zero-order valence-corrected chi connectivity index (χ0v) is 8.79. The molecule has 0 fully saturated rings. The molecule has 0 amide bonds. The molecule has 0 aliphatic heterocycles. The van der Waals surface area contributed by atoms with E-state index in [1.54, 1.807) is 18.2 Å². The Hall–Kier alpha value is -1.64. The van der Waals surface area contributed by atoms with Crippen molar-refractivity contribution < 1.29 is 14.3 Å². The first-order valence-electron chi connectivity index (χ1n) is 4.79. The molecule has 1 rings (SSSR count). The van der Waals surface area contributed by atoms with Crippen LogP contribution in [0.4, 0.5) is 0 Å². The van der Waals surface area contributed by atoms with Gasteiger partial charge in [0.1, 0.15) is 6.61 Å². The molecule has 0 saturated carbocycles. The molecule has 0 unspecified atom stereocenters. The van der Waals surface area contributed by atoms with Crippen LogP contribution in [0.3, 0.4) is 0 Å². The van der Waals surface area contributed by atoms with Crippen molar-refractivity contribution in [2.24, 2.45) is 0 Å². The van der Waals surface area contributed by atoms with Gasteiger partial charge in [0.2, 0.25) is 0 Å². The van der Waals surface area contributed by atoms with E-state index in [1.165, 1.54) is 6.92 Å². The van der Waals surface area contributed by atoms with Crippen LogP contribution in [0.1, 0.15) is 19.8 Å². The number of rotatable bonds is 4. The second-order valence-corrected chi connectivity index (χ2v) is 3.38. The number of hydrogen-bond donors (Lipinski definition) is 0. The van der Waals surface area contributed by atoms with E-state index in [0.29, 0.717) is 12.8 Å². The van der Waals surface area contributed by atoms with E-state index in [0.717, 1.165) is 11.1 Å². The topological polar surface area (TPSA) is 43.4 Å². The Morgan fingerprint density at radius 3 is 2.80 bits per heavy atom. The molecule has 1 aliphatic rings. The fourth-order valence-corrected chi connectivity index (χ4v) is 1.39. The van der Waals surface area contributed by atoms with Crippen molar-refractivity contribution in [3.8, 4) is 0 Å². The molecule has 1 aliphatic carbocycles. The highest BCUT2D eigenvalue weighted by Gasteiger charge is 2.13. The molecule has 0 aromatic rings. The number of carbonyl (C=O) groups excluding carboxylic acids is 2. The van der Waals surface area contributed by atoms with Gasteiger partial charge in [0, 0.05) is 13.3 Å². The van der Waals surface area contributed by atoms with Crippen LogP contribution in [-0.2, 0) is 14.3 Å². The van der Waals surface area contributed by atoms with Crippen molar-refractivity contribution in [3.63, 3.8) is 0 Å². The van der Waals surface area contributed by atoms with Gasteiger partial charge in [-0.3, -0.25) is 9.59 Å².